The maximum Gasteiger partial charge on any atom is 0.243 e. The fourth-order valence-corrected chi connectivity index (χ4v) is 0.872. The molecule has 0 radical (unpaired) electrons. The highest BCUT2D eigenvalue weighted by Crippen LogP contribution is 2.11. The molecule has 1 rings (SSSR count). The first-order valence-electron chi connectivity index (χ1n) is 3.28. The molecule has 0 spiro atoms. The Hall–Kier alpha value is -1.81. The zero-order chi connectivity index (χ0) is 9.14. The zero-order valence-electron chi connectivity index (χ0n) is 6.72. The van der Waals surface area contributed by atoms with Gasteiger partial charge in [-0.2, -0.15) is 5.10 Å². The molecule has 0 fully saturated rings. The molecule has 0 saturated heterocycles. The molecule has 0 aliphatic carbocycles. The van der Waals surface area contributed by atoms with Crippen LogP contribution in [0.1, 0.15) is 17.4 Å². The molecule has 1 aromatic heterocycles. The number of azide groups is 1. The second kappa shape index (κ2) is 3.06. The predicted octanol–water partition coefficient (Wildman–Crippen LogP) is 1.79. The molecule has 1 aromatic rings. The highest BCUT2D eigenvalue weighted by atomic mass is 16.2. The van der Waals surface area contributed by atoms with Gasteiger partial charge in [0.1, 0.15) is 5.82 Å². The molecule has 12 heavy (non-hydrogen) atoms. The topological polar surface area (TPSA) is 83.7 Å². The molecule has 6 heteroatoms. The average Bonchev–Trinajstić information content (AvgIpc) is 2.32. The van der Waals surface area contributed by atoms with Crippen molar-refractivity contribution in [3.8, 4) is 0 Å². The van der Waals surface area contributed by atoms with Crippen molar-refractivity contribution in [2.45, 2.75) is 13.8 Å². The number of hydrogen-bond acceptors (Lipinski definition) is 3. The highest BCUT2D eigenvalue weighted by Gasteiger charge is 2.04. The van der Waals surface area contributed by atoms with E-state index in [1.165, 1.54) is 11.6 Å². The standard InChI is InChI=1S/C6H7N5O/c1-4-3-6(8-10-7)9-11(4)5(2)12/h3H,1-2H3. The molecule has 0 aromatic carbocycles. The summed E-state index contributed by atoms with van der Waals surface area (Å²) in [4.78, 5) is 13.4. The van der Waals surface area contributed by atoms with Crippen LogP contribution in [0.4, 0.5) is 5.82 Å². The zero-order valence-corrected chi connectivity index (χ0v) is 6.72. The van der Waals surface area contributed by atoms with Gasteiger partial charge in [-0.25, -0.2) is 4.68 Å². The SMILES string of the molecule is CC(=O)n1nc(N=[N+]=[N-])cc1C. The Morgan fingerprint density at radius 3 is 2.92 bits per heavy atom. The van der Waals surface area contributed by atoms with Crippen LogP contribution >= 0.6 is 0 Å². The minimum Gasteiger partial charge on any atom is -0.273 e. The first kappa shape index (κ1) is 8.29. The fourth-order valence-electron chi connectivity index (χ4n) is 0.872. The average molecular weight is 165 g/mol. The Bertz CT molecular complexity index is 360. The third-order valence-electron chi connectivity index (χ3n) is 1.32. The number of aryl methyl sites for hydroxylation is 1. The lowest BCUT2D eigenvalue weighted by Crippen LogP contribution is -2.08. The highest BCUT2D eigenvalue weighted by molar-refractivity contribution is 5.76. The smallest absolute Gasteiger partial charge is 0.243 e. The second-order valence-corrected chi connectivity index (χ2v) is 2.26. The van der Waals surface area contributed by atoms with Crippen molar-refractivity contribution >= 4 is 11.7 Å². The van der Waals surface area contributed by atoms with E-state index in [0.29, 0.717) is 5.69 Å². The van der Waals surface area contributed by atoms with Gasteiger partial charge in [0, 0.05) is 17.5 Å². The van der Waals surface area contributed by atoms with E-state index in [-0.39, 0.29) is 11.7 Å². The van der Waals surface area contributed by atoms with E-state index in [4.69, 9.17) is 5.53 Å². The van der Waals surface area contributed by atoms with Gasteiger partial charge >= 0.3 is 0 Å². The van der Waals surface area contributed by atoms with Gasteiger partial charge in [0.05, 0.1) is 0 Å². The van der Waals surface area contributed by atoms with Crippen LogP contribution in [0.15, 0.2) is 11.2 Å². The van der Waals surface area contributed by atoms with Crippen molar-refractivity contribution in [3.63, 3.8) is 0 Å². The van der Waals surface area contributed by atoms with E-state index in [1.54, 1.807) is 13.0 Å². The maximum absolute atomic E-state index is 10.8. The van der Waals surface area contributed by atoms with Crippen molar-refractivity contribution in [2.75, 3.05) is 0 Å². The van der Waals surface area contributed by atoms with Crippen molar-refractivity contribution < 1.29 is 4.79 Å². The minimum absolute atomic E-state index is 0.202. The van der Waals surface area contributed by atoms with Crippen LogP contribution in [0.25, 0.3) is 10.4 Å². The number of rotatable bonds is 1. The Labute approximate surface area is 68.4 Å². The van der Waals surface area contributed by atoms with Gasteiger partial charge in [0.25, 0.3) is 0 Å². The number of hydrogen-bond donors (Lipinski definition) is 0. The Kier molecular flexibility index (Phi) is 2.11. The van der Waals surface area contributed by atoms with Gasteiger partial charge in [0.2, 0.25) is 5.91 Å². The molecular formula is C6H7N5O. The van der Waals surface area contributed by atoms with Crippen LogP contribution in [0, 0.1) is 6.92 Å². The third-order valence-corrected chi connectivity index (χ3v) is 1.32. The number of nitrogens with zero attached hydrogens (tertiary/aromatic N) is 5. The van der Waals surface area contributed by atoms with E-state index in [9.17, 15) is 4.79 Å². The summed E-state index contributed by atoms with van der Waals surface area (Å²) in [5.74, 6) is 0.0112. The van der Waals surface area contributed by atoms with Crippen molar-refractivity contribution in [1.29, 1.82) is 0 Å². The van der Waals surface area contributed by atoms with Gasteiger partial charge in [-0.15, -0.1) is 0 Å². The number of carbonyl (C=O) groups excluding carboxylic acids is 1. The summed E-state index contributed by atoms with van der Waals surface area (Å²) in [7, 11) is 0. The van der Waals surface area contributed by atoms with Crippen LogP contribution in [-0.2, 0) is 0 Å². The summed E-state index contributed by atoms with van der Waals surface area (Å²) in [6.45, 7) is 3.10. The molecule has 0 N–H and O–H groups in total. The van der Waals surface area contributed by atoms with Gasteiger partial charge in [-0.05, 0) is 23.6 Å². The summed E-state index contributed by atoms with van der Waals surface area (Å²) in [6, 6.07) is 1.54. The van der Waals surface area contributed by atoms with Crippen LogP contribution in [0.5, 0.6) is 0 Å². The van der Waals surface area contributed by atoms with Crippen LogP contribution < -0.4 is 0 Å². The van der Waals surface area contributed by atoms with E-state index < -0.39 is 0 Å². The van der Waals surface area contributed by atoms with Gasteiger partial charge < -0.3 is 0 Å². The Morgan fingerprint density at radius 1 is 1.83 bits per heavy atom. The van der Waals surface area contributed by atoms with Crippen molar-refractivity contribution in [1.82, 2.24) is 9.78 Å². The molecule has 62 valence electrons. The lowest BCUT2D eigenvalue weighted by atomic mass is 10.4. The summed E-state index contributed by atoms with van der Waals surface area (Å²) in [6.07, 6.45) is 0. The largest absolute Gasteiger partial charge is 0.273 e. The van der Waals surface area contributed by atoms with Gasteiger partial charge in [0.15, 0.2) is 0 Å². The second-order valence-electron chi connectivity index (χ2n) is 2.26. The van der Waals surface area contributed by atoms with E-state index in [2.05, 4.69) is 15.1 Å². The fraction of sp³-hybridized carbons (Fsp3) is 0.333. The van der Waals surface area contributed by atoms with Crippen molar-refractivity contribution in [2.24, 2.45) is 5.11 Å². The number of aromatic nitrogens is 2. The summed E-state index contributed by atoms with van der Waals surface area (Å²) in [5, 5.41) is 7.01. The summed E-state index contributed by atoms with van der Waals surface area (Å²) in [5.41, 5.74) is 8.74. The quantitative estimate of drug-likeness (QED) is 0.361. The molecular weight excluding hydrogens is 158 g/mol. The number of carbonyl (C=O) groups is 1. The summed E-state index contributed by atoms with van der Waals surface area (Å²) >= 11 is 0. The first-order valence-corrected chi connectivity index (χ1v) is 3.28. The molecule has 0 unspecified atom stereocenters. The van der Waals surface area contributed by atoms with E-state index >= 15 is 0 Å². The Morgan fingerprint density at radius 2 is 2.50 bits per heavy atom. The predicted molar refractivity (Wildman–Crippen MR) is 42.1 cm³/mol. The lowest BCUT2D eigenvalue weighted by Gasteiger charge is -1.93. The van der Waals surface area contributed by atoms with E-state index in [1.807, 2.05) is 0 Å². The van der Waals surface area contributed by atoms with Gasteiger partial charge in [-0.1, -0.05) is 0 Å². The maximum atomic E-state index is 10.8. The van der Waals surface area contributed by atoms with E-state index in [0.717, 1.165) is 0 Å². The Balaban J connectivity index is 3.16. The monoisotopic (exact) mass is 165 g/mol. The molecule has 0 aliphatic heterocycles. The van der Waals surface area contributed by atoms with Crippen LogP contribution in [-0.4, -0.2) is 15.7 Å². The molecule has 0 atom stereocenters. The molecule has 0 amide bonds. The summed E-state index contributed by atoms with van der Waals surface area (Å²) < 4.78 is 1.18. The molecule has 0 saturated carbocycles. The normalized spacial score (nSPS) is 9.17. The third kappa shape index (κ3) is 1.43. The van der Waals surface area contributed by atoms with Crippen molar-refractivity contribution in [3.05, 3.63) is 22.2 Å². The van der Waals surface area contributed by atoms with Crippen LogP contribution in [0.2, 0.25) is 0 Å². The molecule has 1 heterocycles. The van der Waals surface area contributed by atoms with Crippen LogP contribution in [0.3, 0.4) is 0 Å². The molecule has 6 nitrogen and oxygen atoms in total. The lowest BCUT2D eigenvalue weighted by molar-refractivity contribution is 0.0919. The molecule has 0 bridgehead atoms. The minimum atomic E-state index is -0.202. The first-order chi connectivity index (χ1) is 5.65. The molecule has 0 aliphatic rings. The van der Waals surface area contributed by atoms with Gasteiger partial charge in [-0.3, -0.25) is 4.79 Å².